The summed E-state index contributed by atoms with van der Waals surface area (Å²) in [6.07, 6.45) is 0. The van der Waals surface area contributed by atoms with Gasteiger partial charge in [-0.1, -0.05) is 90.1 Å². The number of halogens is 2. The zero-order chi connectivity index (χ0) is 16.7. The van der Waals surface area contributed by atoms with Crippen LogP contribution in [0.25, 0.3) is 0 Å². The van der Waals surface area contributed by atoms with E-state index in [2.05, 4.69) is 83.3 Å². The van der Waals surface area contributed by atoms with Crippen LogP contribution in [0.15, 0.2) is 71.7 Å². The van der Waals surface area contributed by atoms with Crippen molar-refractivity contribution in [3.8, 4) is 0 Å². The molecule has 0 aliphatic heterocycles. The summed E-state index contributed by atoms with van der Waals surface area (Å²) in [5, 5.41) is 3.44. The van der Waals surface area contributed by atoms with Crippen molar-refractivity contribution in [1.29, 1.82) is 0 Å². The van der Waals surface area contributed by atoms with Crippen LogP contribution in [-0.4, -0.2) is 20.2 Å². The van der Waals surface area contributed by atoms with Crippen LogP contribution in [0, 0.1) is 5.92 Å². The van der Waals surface area contributed by atoms with Gasteiger partial charge in [0, 0.05) is 30.6 Å². The van der Waals surface area contributed by atoms with Crippen molar-refractivity contribution in [3.63, 3.8) is 0 Å². The molecule has 0 bridgehead atoms. The Morgan fingerprint density at radius 2 is 1.54 bits per heavy atom. The van der Waals surface area contributed by atoms with E-state index in [0.717, 1.165) is 17.6 Å². The van der Waals surface area contributed by atoms with Crippen molar-refractivity contribution >= 4 is 28.3 Å². The summed E-state index contributed by atoms with van der Waals surface area (Å²) in [5.74, 6) is 0.240. The van der Waals surface area contributed by atoms with Crippen LogP contribution in [0.2, 0.25) is 0 Å². The zero-order valence-corrected chi connectivity index (χ0v) is 16.6. The van der Waals surface area contributed by atoms with Gasteiger partial charge in [0.1, 0.15) is 5.60 Å². The third-order valence-electron chi connectivity index (χ3n) is 4.19. The third kappa shape index (κ3) is 4.70. The molecule has 0 saturated carbocycles. The van der Waals surface area contributed by atoms with Gasteiger partial charge in [0.25, 0.3) is 0 Å². The van der Waals surface area contributed by atoms with Gasteiger partial charge < -0.3 is 10.1 Å². The summed E-state index contributed by atoms with van der Waals surface area (Å²) in [4.78, 5) is 0. The Balaban J connectivity index is 0.00000288. The first-order valence-corrected chi connectivity index (χ1v) is 8.60. The molecule has 2 aromatic carbocycles. The normalized spacial score (nSPS) is 12.3. The zero-order valence-electron chi connectivity index (χ0n) is 14.2. The minimum atomic E-state index is -0.483. The lowest BCUT2D eigenvalue weighted by Crippen LogP contribution is -2.42. The highest BCUT2D eigenvalue weighted by atomic mass is 79.9. The van der Waals surface area contributed by atoms with Gasteiger partial charge in [0.05, 0.1) is 0 Å². The molecular weight excluding hydrogens is 386 g/mol. The molecule has 24 heavy (non-hydrogen) atoms. The van der Waals surface area contributed by atoms with Crippen LogP contribution in [0.4, 0.5) is 0 Å². The van der Waals surface area contributed by atoms with E-state index >= 15 is 0 Å². The van der Waals surface area contributed by atoms with Crippen molar-refractivity contribution < 1.29 is 4.74 Å². The molecule has 0 saturated heterocycles. The Kier molecular flexibility index (Phi) is 8.71. The lowest BCUT2D eigenvalue weighted by molar-refractivity contribution is -0.0228. The molecular formula is C20H25BrClNO. The number of hydrogen-bond acceptors (Lipinski definition) is 2. The molecule has 0 aliphatic carbocycles. The highest BCUT2D eigenvalue weighted by Crippen LogP contribution is 2.39. The van der Waals surface area contributed by atoms with Gasteiger partial charge in [-0.15, -0.1) is 12.4 Å². The van der Waals surface area contributed by atoms with Crippen molar-refractivity contribution in [1.82, 2.24) is 5.32 Å². The first kappa shape index (κ1) is 20.9. The molecule has 0 radical (unpaired) electrons. The average molecular weight is 411 g/mol. The maximum atomic E-state index is 6.16. The summed E-state index contributed by atoms with van der Waals surface area (Å²) < 4.78 is 7.11. The molecule has 2 rings (SSSR count). The van der Waals surface area contributed by atoms with E-state index in [-0.39, 0.29) is 18.3 Å². The molecule has 0 aliphatic rings. The molecule has 0 fully saturated rings. The fourth-order valence-corrected chi connectivity index (χ4v) is 3.31. The monoisotopic (exact) mass is 409 g/mol. The van der Waals surface area contributed by atoms with E-state index < -0.39 is 5.60 Å². The molecule has 0 spiro atoms. The summed E-state index contributed by atoms with van der Waals surface area (Å²) in [6, 6.07) is 20.9. The van der Waals surface area contributed by atoms with E-state index in [1.165, 1.54) is 11.1 Å². The van der Waals surface area contributed by atoms with Crippen LogP contribution in [-0.2, 0) is 10.3 Å². The maximum Gasteiger partial charge on any atom is 0.121 e. The topological polar surface area (TPSA) is 21.3 Å². The molecule has 1 atom stereocenters. The number of hydrogen-bond donors (Lipinski definition) is 1. The fraction of sp³-hybridized carbons (Fsp3) is 0.300. The lowest BCUT2D eigenvalue weighted by atomic mass is 9.76. The number of benzene rings is 2. The van der Waals surface area contributed by atoms with Gasteiger partial charge in [-0.3, -0.25) is 0 Å². The second kappa shape index (κ2) is 10.00. The van der Waals surface area contributed by atoms with Gasteiger partial charge in [-0.25, -0.2) is 0 Å². The van der Waals surface area contributed by atoms with E-state index in [1.54, 1.807) is 7.11 Å². The van der Waals surface area contributed by atoms with Gasteiger partial charge in [0.2, 0.25) is 0 Å². The van der Waals surface area contributed by atoms with Gasteiger partial charge in [-0.2, -0.15) is 0 Å². The van der Waals surface area contributed by atoms with Gasteiger partial charge >= 0.3 is 0 Å². The first-order chi connectivity index (χ1) is 11.1. The summed E-state index contributed by atoms with van der Waals surface area (Å²) in [7, 11) is 1.79. The highest BCUT2D eigenvalue weighted by Gasteiger charge is 2.39. The van der Waals surface area contributed by atoms with Crippen molar-refractivity contribution in [2.45, 2.75) is 12.5 Å². The Labute approximate surface area is 159 Å². The predicted octanol–water partition coefficient (Wildman–Crippen LogP) is 5.13. The predicted molar refractivity (Wildman–Crippen MR) is 108 cm³/mol. The minimum Gasteiger partial charge on any atom is -0.368 e. The summed E-state index contributed by atoms with van der Waals surface area (Å²) in [6.45, 7) is 7.65. The molecule has 1 unspecified atom stereocenters. The molecule has 0 heterocycles. The minimum absolute atomic E-state index is 0. The van der Waals surface area contributed by atoms with Gasteiger partial charge in [-0.05, 0) is 11.1 Å². The number of ether oxygens (including phenoxy) is 1. The van der Waals surface area contributed by atoms with Crippen molar-refractivity contribution in [3.05, 3.63) is 82.9 Å². The first-order valence-electron chi connectivity index (χ1n) is 7.81. The van der Waals surface area contributed by atoms with Gasteiger partial charge in [0.15, 0.2) is 0 Å². The molecule has 1 N–H and O–H groups in total. The molecule has 0 aromatic heterocycles. The largest absolute Gasteiger partial charge is 0.368 e. The van der Waals surface area contributed by atoms with E-state index in [9.17, 15) is 0 Å². The second-order valence-electron chi connectivity index (χ2n) is 5.72. The molecule has 4 heteroatoms. The second-order valence-corrected chi connectivity index (χ2v) is 6.84. The van der Waals surface area contributed by atoms with Crippen LogP contribution in [0.1, 0.15) is 18.1 Å². The Morgan fingerprint density at radius 3 is 1.92 bits per heavy atom. The van der Waals surface area contributed by atoms with Crippen LogP contribution in [0.3, 0.4) is 0 Å². The Morgan fingerprint density at radius 1 is 1.08 bits per heavy atom. The van der Waals surface area contributed by atoms with Crippen LogP contribution < -0.4 is 5.32 Å². The Bertz CT molecular complexity index is 579. The SMILES string of the molecule is C=C(Br)CNCC(C)C(OC)(c1ccccc1)c1ccccc1.Cl. The summed E-state index contributed by atoms with van der Waals surface area (Å²) in [5.41, 5.74) is 1.85. The average Bonchev–Trinajstić information content (AvgIpc) is 2.58. The Hall–Kier alpha value is -1.13. The van der Waals surface area contributed by atoms with Crippen molar-refractivity contribution in [2.24, 2.45) is 5.92 Å². The standard InChI is InChI=1S/C20H24BrNO.ClH/c1-16(14-22-15-17(2)21)20(23-3,18-10-6-4-7-11-18)19-12-8-5-9-13-19;/h4-13,16,22H,2,14-15H2,1,3H3;1H. The quantitative estimate of drug-likeness (QED) is 0.651. The van der Waals surface area contributed by atoms with Crippen LogP contribution in [0.5, 0.6) is 0 Å². The molecule has 0 amide bonds. The fourth-order valence-electron chi connectivity index (χ4n) is 3.11. The smallest absolute Gasteiger partial charge is 0.121 e. The van der Waals surface area contributed by atoms with Crippen LogP contribution >= 0.6 is 28.3 Å². The number of nitrogens with one attached hydrogen (secondary N) is 1. The lowest BCUT2D eigenvalue weighted by Gasteiger charge is -2.39. The molecule has 2 aromatic rings. The number of methoxy groups -OCH3 is 1. The number of rotatable bonds is 8. The summed E-state index contributed by atoms with van der Waals surface area (Å²) >= 11 is 3.39. The molecule has 2 nitrogen and oxygen atoms in total. The molecule has 130 valence electrons. The van der Waals surface area contributed by atoms with E-state index in [1.807, 2.05) is 12.1 Å². The highest BCUT2D eigenvalue weighted by molar-refractivity contribution is 9.11. The van der Waals surface area contributed by atoms with E-state index in [4.69, 9.17) is 4.74 Å². The van der Waals surface area contributed by atoms with E-state index in [0.29, 0.717) is 0 Å². The van der Waals surface area contributed by atoms with Crippen molar-refractivity contribution in [2.75, 3.05) is 20.2 Å². The maximum absolute atomic E-state index is 6.16. The third-order valence-corrected chi connectivity index (χ3v) is 4.47.